The molecule has 3 heterocycles. The Balaban J connectivity index is 1.42. The number of likely N-dealkylation sites (N-methyl/N-ethyl adjacent to an activating group) is 1. The molecule has 2 aliphatic rings. The van der Waals surface area contributed by atoms with Crippen molar-refractivity contribution in [1.82, 2.24) is 9.88 Å². The number of rotatable bonds is 3. The van der Waals surface area contributed by atoms with E-state index in [0.717, 1.165) is 32.0 Å². The Morgan fingerprint density at radius 1 is 1.19 bits per heavy atom. The predicted octanol–water partition coefficient (Wildman–Crippen LogP) is 2.39. The minimum atomic E-state index is -0.362. The minimum Gasteiger partial charge on any atom is -0.488 e. The number of carbonyl (C=O) groups is 1. The molecule has 1 amide bonds. The first-order valence-corrected chi connectivity index (χ1v) is 8.92. The van der Waals surface area contributed by atoms with E-state index >= 15 is 0 Å². The first-order chi connectivity index (χ1) is 13.1. The smallest absolute Gasteiger partial charge is 0.255 e. The number of piperazine rings is 1. The lowest BCUT2D eigenvalue weighted by Gasteiger charge is -2.33. The Kier molecular flexibility index (Phi) is 4.77. The summed E-state index contributed by atoms with van der Waals surface area (Å²) < 4.78 is 18.9. The predicted molar refractivity (Wildman–Crippen MR) is 102 cm³/mol. The molecule has 1 saturated heterocycles. The second-order valence-corrected chi connectivity index (χ2v) is 6.79. The van der Waals surface area contributed by atoms with Gasteiger partial charge in [0.05, 0.1) is 17.5 Å². The van der Waals surface area contributed by atoms with Crippen molar-refractivity contribution in [2.24, 2.45) is 0 Å². The van der Waals surface area contributed by atoms with Crippen LogP contribution in [0.3, 0.4) is 0 Å². The molecule has 0 spiro atoms. The molecule has 27 heavy (non-hydrogen) atoms. The van der Waals surface area contributed by atoms with Gasteiger partial charge in [-0.2, -0.15) is 0 Å². The van der Waals surface area contributed by atoms with E-state index in [1.807, 2.05) is 12.1 Å². The van der Waals surface area contributed by atoms with Crippen molar-refractivity contribution in [2.75, 3.05) is 50.1 Å². The summed E-state index contributed by atoms with van der Waals surface area (Å²) in [4.78, 5) is 21.5. The summed E-state index contributed by atoms with van der Waals surface area (Å²) in [5, 5.41) is 2.82. The molecule has 2 aromatic rings. The van der Waals surface area contributed by atoms with Gasteiger partial charge in [-0.25, -0.2) is 9.37 Å². The second-order valence-electron chi connectivity index (χ2n) is 6.79. The standard InChI is InChI=1S/C20H21FN4O2/c1-24-6-8-25(9-7-24)19-5-3-17(12-22-19)23-20(26)15-10-14-11-16(21)2-4-18(14)27-13-15/h2-5,10-12H,6-9,13H2,1H3,(H,23,26). The third kappa shape index (κ3) is 3.93. The molecule has 1 N–H and O–H groups in total. The molecule has 0 radical (unpaired) electrons. The number of ether oxygens (including phenoxy) is 1. The van der Waals surface area contributed by atoms with Gasteiger partial charge in [-0.05, 0) is 43.5 Å². The summed E-state index contributed by atoms with van der Waals surface area (Å²) in [6.45, 7) is 4.05. The van der Waals surface area contributed by atoms with Gasteiger partial charge in [0.15, 0.2) is 0 Å². The van der Waals surface area contributed by atoms with Crippen LogP contribution in [0.5, 0.6) is 5.75 Å². The number of halogens is 1. The molecule has 2 aliphatic heterocycles. The Hall–Kier alpha value is -2.93. The van der Waals surface area contributed by atoms with Crippen molar-refractivity contribution in [3.05, 3.63) is 53.5 Å². The van der Waals surface area contributed by atoms with Crippen LogP contribution in [0, 0.1) is 5.82 Å². The highest BCUT2D eigenvalue weighted by Crippen LogP contribution is 2.27. The SMILES string of the molecule is CN1CCN(c2ccc(NC(=O)C3=Cc4cc(F)ccc4OC3)cn2)CC1. The number of hydrogen-bond acceptors (Lipinski definition) is 5. The van der Waals surface area contributed by atoms with E-state index in [1.165, 1.54) is 12.1 Å². The van der Waals surface area contributed by atoms with Gasteiger partial charge in [0.2, 0.25) is 0 Å². The Bertz CT molecular complexity index is 874. The number of benzene rings is 1. The highest BCUT2D eigenvalue weighted by molar-refractivity contribution is 6.07. The summed E-state index contributed by atoms with van der Waals surface area (Å²) >= 11 is 0. The molecule has 4 rings (SSSR count). The van der Waals surface area contributed by atoms with E-state index in [1.54, 1.807) is 18.3 Å². The molecular weight excluding hydrogens is 347 g/mol. The zero-order valence-electron chi connectivity index (χ0n) is 15.1. The average molecular weight is 368 g/mol. The van der Waals surface area contributed by atoms with E-state index in [-0.39, 0.29) is 18.3 Å². The molecule has 140 valence electrons. The first kappa shape index (κ1) is 17.5. The molecule has 0 aliphatic carbocycles. The lowest BCUT2D eigenvalue weighted by atomic mass is 10.1. The van der Waals surface area contributed by atoms with Gasteiger partial charge in [0.25, 0.3) is 5.91 Å². The molecule has 0 saturated carbocycles. The van der Waals surface area contributed by atoms with Crippen LogP contribution in [0.15, 0.2) is 42.1 Å². The maximum atomic E-state index is 13.4. The van der Waals surface area contributed by atoms with Crippen molar-refractivity contribution < 1.29 is 13.9 Å². The fourth-order valence-electron chi connectivity index (χ4n) is 3.17. The van der Waals surface area contributed by atoms with E-state index in [2.05, 4.69) is 27.1 Å². The number of nitrogens with zero attached hydrogens (tertiary/aromatic N) is 3. The zero-order chi connectivity index (χ0) is 18.8. The number of amides is 1. The van der Waals surface area contributed by atoms with Crippen LogP contribution >= 0.6 is 0 Å². The summed E-state index contributed by atoms with van der Waals surface area (Å²) in [6, 6.07) is 8.02. The van der Waals surface area contributed by atoms with E-state index in [9.17, 15) is 9.18 Å². The number of carbonyl (C=O) groups excluding carboxylic acids is 1. The number of aromatic nitrogens is 1. The molecule has 0 unspecified atom stereocenters. The summed E-state index contributed by atoms with van der Waals surface area (Å²) in [5.74, 6) is 0.842. The molecule has 1 fully saturated rings. The van der Waals surface area contributed by atoms with Crippen molar-refractivity contribution in [2.45, 2.75) is 0 Å². The number of nitrogens with one attached hydrogen (secondary N) is 1. The Labute approximate surface area is 157 Å². The van der Waals surface area contributed by atoms with Crippen LogP contribution in [0.4, 0.5) is 15.9 Å². The van der Waals surface area contributed by atoms with Gasteiger partial charge < -0.3 is 19.9 Å². The molecule has 0 atom stereocenters. The molecule has 6 nitrogen and oxygen atoms in total. The first-order valence-electron chi connectivity index (χ1n) is 8.92. The van der Waals surface area contributed by atoms with Gasteiger partial charge in [-0.1, -0.05) is 0 Å². The lowest BCUT2D eigenvalue weighted by molar-refractivity contribution is -0.113. The molecular formula is C20H21FN4O2. The third-order valence-corrected chi connectivity index (χ3v) is 4.81. The lowest BCUT2D eigenvalue weighted by Crippen LogP contribution is -2.44. The Morgan fingerprint density at radius 3 is 2.74 bits per heavy atom. The van der Waals surface area contributed by atoms with Crippen LogP contribution in [-0.2, 0) is 4.79 Å². The van der Waals surface area contributed by atoms with E-state index < -0.39 is 0 Å². The van der Waals surface area contributed by atoms with Gasteiger partial charge in [-0.15, -0.1) is 0 Å². The number of fused-ring (bicyclic) bond motifs is 1. The van der Waals surface area contributed by atoms with Crippen molar-refractivity contribution in [3.63, 3.8) is 0 Å². The van der Waals surface area contributed by atoms with Gasteiger partial charge >= 0.3 is 0 Å². The fraction of sp³-hybridized carbons (Fsp3) is 0.300. The zero-order valence-corrected chi connectivity index (χ0v) is 15.1. The molecule has 7 heteroatoms. The maximum absolute atomic E-state index is 13.4. The number of hydrogen-bond donors (Lipinski definition) is 1. The maximum Gasteiger partial charge on any atom is 0.255 e. The van der Waals surface area contributed by atoms with E-state index in [0.29, 0.717) is 22.6 Å². The van der Waals surface area contributed by atoms with Crippen molar-refractivity contribution in [3.8, 4) is 5.75 Å². The normalized spacial score (nSPS) is 17.0. The fourth-order valence-corrected chi connectivity index (χ4v) is 3.17. The Morgan fingerprint density at radius 2 is 2.00 bits per heavy atom. The summed E-state index contributed by atoms with van der Waals surface area (Å²) in [7, 11) is 2.11. The van der Waals surface area contributed by atoms with Crippen LogP contribution in [-0.4, -0.2) is 55.6 Å². The number of pyridine rings is 1. The van der Waals surface area contributed by atoms with Crippen molar-refractivity contribution >= 4 is 23.5 Å². The van der Waals surface area contributed by atoms with Gasteiger partial charge in [0, 0.05) is 31.7 Å². The minimum absolute atomic E-state index is 0.150. The van der Waals surface area contributed by atoms with E-state index in [4.69, 9.17) is 4.74 Å². The topological polar surface area (TPSA) is 57.7 Å². The summed E-state index contributed by atoms with van der Waals surface area (Å²) in [5.41, 5.74) is 1.62. The van der Waals surface area contributed by atoms with Crippen molar-refractivity contribution in [1.29, 1.82) is 0 Å². The molecule has 0 bridgehead atoms. The summed E-state index contributed by atoms with van der Waals surface area (Å²) in [6.07, 6.45) is 3.31. The largest absolute Gasteiger partial charge is 0.488 e. The van der Waals surface area contributed by atoms with Crippen LogP contribution in [0.1, 0.15) is 5.56 Å². The van der Waals surface area contributed by atoms with Crippen LogP contribution in [0.2, 0.25) is 0 Å². The average Bonchev–Trinajstić information content (AvgIpc) is 2.68. The van der Waals surface area contributed by atoms with Gasteiger partial charge in [-0.3, -0.25) is 4.79 Å². The van der Waals surface area contributed by atoms with Gasteiger partial charge in [0.1, 0.15) is 24.0 Å². The quantitative estimate of drug-likeness (QED) is 0.902. The highest BCUT2D eigenvalue weighted by atomic mass is 19.1. The highest BCUT2D eigenvalue weighted by Gasteiger charge is 2.19. The van der Waals surface area contributed by atoms with Crippen LogP contribution in [0.25, 0.3) is 6.08 Å². The third-order valence-electron chi connectivity index (χ3n) is 4.81. The van der Waals surface area contributed by atoms with Crippen LogP contribution < -0.4 is 15.0 Å². The number of anilines is 2. The molecule has 1 aromatic carbocycles. The monoisotopic (exact) mass is 368 g/mol. The second kappa shape index (κ2) is 7.36. The molecule has 1 aromatic heterocycles.